The maximum atomic E-state index is 14.1. The molecule has 0 aliphatic heterocycles. The van der Waals surface area contributed by atoms with E-state index in [1.54, 1.807) is 0 Å². The Morgan fingerprint density at radius 1 is 0.971 bits per heavy atom. The molecule has 0 saturated heterocycles. The second kappa shape index (κ2) is 10.4. The number of aliphatic carboxylic acids is 1. The van der Waals surface area contributed by atoms with Crippen molar-refractivity contribution in [2.45, 2.75) is 18.4 Å². The van der Waals surface area contributed by atoms with Crippen molar-refractivity contribution in [1.82, 2.24) is 5.32 Å². The summed E-state index contributed by atoms with van der Waals surface area (Å²) in [7, 11) is 0. The van der Waals surface area contributed by atoms with Gasteiger partial charge in [-0.2, -0.15) is 0 Å². The number of aliphatic hydroxyl groups is 1. The van der Waals surface area contributed by atoms with Crippen LogP contribution in [0.15, 0.2) is 66.7 Å². The fourth-order valence-corrected chi connectivity index (χ4v) is 4.13. The maximum absolute atomic E-state index is 14.1. The predicted molar refractivity (Wildman–Crippen MR) is 126 cm³/mol. The number of carboxylic acid groups (broad SMARTS) is 1. The Hall–Kier alpha value is -4.24. The molecule has 3 aromatic rings. The zero-order valence-electron chi connectivity index (χ0n) is 18.5. The van der Waals surface area contributed by atoms with E-state index in [0.29, 0.717) is 0 Å². The quantitative estimate of drug-likeness (QED) is 0.391. The number of benzene rings is 3. The molecule has 35 heavy (non-hydrogen) atoms. The monoisotopic (exact) mass is 478 g/mol. The van der Waals surface area contributed by atoms with Gasteiger partial charge in [-0.3, -0.25) is 14.9 Å². The summed E-state index contributed by atoms with van der Waals surface area (Å²) in [6, 6.07) is 19.0. The fraction of sp³-hybridized carbons (Fsp3) is 0.192. The van der Waals surface area contributed by atoms with Gasteiger partial charge in [0.15, 0.2) is 0 Å². The molecule has 0 bridgehead atoms. The number of amides is 2. The van der Waals surface area contributed by atoms with Gasteiger partial charge >= 0.3 is 12.1 Å². The molecule has 0 aromatic heterocycles. The van der Waals surface area contributed by atoms with Crippen molar-refractivity contribution in [1.29, 1.82) is 0 Å². The van der Waals surface area contributed by atoms with E-state index in [1.807, 2.05) is 48.5 Å². The Morgan fingerprint density at radius 2 is 1.60 bits per heavy atom. The van der Waals surface area contributed by atoms with Crippen molar-refractivity contribution in [3.63, 3.8) is 0 Å². The Bertz CT molecular complexity index is 1230. The van der Waals surface area contributed by atoms with Gasteiger partial charge in [-0.05, 0) is 40.5 Å². The van der Waals surface area contributed by atoms with Crippen LogP contribution < -0.4 is 10.6 Å². The Morgan fingerprint density at radius 3 is 2.23 bits per heavy atom. The minimum atomic E-state index is -1.29. The number of hydrogen-bond donors (Lipinski definition) is 4. The van der Waals surface area contributed by atoms with Crippen molar-refractivity contribution in [3.8, 4) is 11.1 Å². The van der Waals surface area contributed by atoms with Crippen LogP contribution >= 0.6 is 0 Å². The number of hydrogen-bond acceptors (Lipinski definition) is 5. The number of fused-ring (bicyclic) bond motifs is 3. The molecule has 0 heterocycles. The first-order valence-corrected chi connectivity index (χ1v) is 10.9. The van der Waals surface area contributed by atoms with Crippen molar-refractivity contribution in [2.24, 2.45) is 0 Å². The van der Waals surface area contributed by atoms with E-state index in [1.165, 1.54) is 6.07 Å². The first-order chi connectivity index (χ1) is 16.8. The minimum Gasteiger partial charge on any atom is -0.481 e. The fourth-order valence-electron chi connectivity index (χ4n) is 4.13. The average Bonchev–Trinajstić information content (AvgIpc) is 3.14. The van der Waals surface area contributed by atoms with Crippen LogP contribution in [-0.2, 0) is 9.53 Å². The second-order valence-electron chi connectivity index (χ2n) is 8.14. The lowest BCUT2D eigenvalue weighted by Gasteiger charge is -2.15. The molecular formula is C26H23FN2O6. The Balaban J connectivity index is 1.39. The maximum Gasteiger partial charge on any atom is 0.411 e. The van der Waals surface area contributed by atoms with Crippen molar-refractivity contribution < 1.29 is 33.7 Å². The summed E-state index contributed by atoms with van der Waals surface area (Å²) in [5.41, 5.74) is 4.19. The van der Waals surface area contributed by atoms with E-state index in [9.17, 15) is 23.9 Å². The van der Waals surface area contributed by atoms with E-state index >= 15 is 0 Å². The number of carboxylic acids is 1. The van der Waals surface area contributed by atoms with Crippen LogP contribution in [0.5, 0.6) is 0 Å². The molecule has 0 saturated carbocycles. The second-order valence-corrected chi connectivity index (χ2v) is 8.14. The van der Waals surface area contributed by atoms with E-state index in [4.69, 9.17) is 9.84 Å². The SMILES string of the molecule is O=C(O)CC(O)CNC(=O)c1cc(F)cc(NC(=O)OCC2c3ccccc3-c3ccccc32)c1. The molecule has 0 fully saturated rings. The molecule has 1 aliphatic rings. The topological polar surface area (TPSA) is 125 Å². The van der Waals surface area contributed by atoms with Gasteiger partial charge in [0.1, 0.15) is 12.4 Å². The number of anilines is 1. The first-order valence-electron chi connectivity index (χ1n) is 10.9. The molecule has 0 spiro atoms. The third-order valence-corrected chi connectivity index (χ3v) is 5.66. The normalized spacial score (nSPS) is 12.9. The van der Waals surface area contributed by atoms with Gasteiger partial charge in [0.25, 0.3) is 5.91 Å². The van der Waals surface area contributed by atoms with Gasteiger partial charge in [-0.25, -0.2) is 9.18 Å². The van der Waals surface area contributed by atoms with Crippen LogP contribution in [0.25, 0.3) is 11.1 Å². The summed E-state index contributed by atoms with van der Waals surface area (Å²) in [6.07, 6.45) is -2.64. The number of carbonyl (C=O) groups excluding carboxylic acids is 2. The number of rotatable bonds is 8. The number of halogens is 1. The highest BCUT2D eigenvalue weighted by atomic mass is 19.1. The molecule has 8 nitrogen and oxygen atoms in total. The van der Waals surface area contributed by atoms with Crippen LogP contribution in [0.3, 0.4) is 0 Å². The lowest BCUT2D eigenvalue weighted by Crippen LogP contribution is -2.33. The van der Waals surface area contributed by atoms with E-state index in [2.05, 4.69) is 10.6 Å². The molecule has 3 aromatic carbocycles. The summed E-state index contributed by atoms with van der Waals surface area (Å²) in [6.45, 7) is -0.249. The predicted octanol–water partition coefficient (Wildman–Crippen LogP) is 3.75. The minimum absolute atomic E-state index is 0.0125. The molecular weight excluding hydrogens is 455 g/mol. The van der Waals surface area contributed by atoms with E-state index in [-0.39, 0.29) is 30.3 Å². The van der Waals surface area contributed by atoms with E-state index < -0.39 is 36.3 Å². The summed E-state index contributed by atoms with van der Waals surface area (Å²) in [4.78, 5) is 35.3. The number of aliphatic hydroxyl groups excluding tert-OH is 1. The summed E-state index contributed by atoms with van der Waals surface area (Å²) in [5.74, 6) is -2.85. The first kappa shape index (κ1) is 23.9. The summed E-state index contributed by atoms with van der Waals surface area (Å²) < 4.78 is 19.5. The molecule has 9 heteroatoms. The molecule has 1 unspecified atom stereocenters. The average molecular weight is 478 g/mol. The van der Waals surface area contributed by atoms with Crippen LogP contribution in [-0.4, -0.2) is 47.4 Å². The smallest absolute Gasteiger partial charge is 0.411 e. The molecule has 1 aliphatic carbocycles. The molecule has 0 radical (unpaired) electrons. The van der Waals surface area contributed by atoms with Crippen molar-refractivity contribution >= 4 is 23.7 Å². The van der Waals surface area contributed by atoms with Crippen molar-refractivity contribution in [3.05, 3.63) is 89.2 Å². The lowest BCUT2D eigenvalue weighted by atomic mass is 9.98. The number of nitrogens with one attached hydrogen (secondary N) is 2. The van der Waals surface area contributed by atoms with Crippen LogP contribution in [0.2, 0.25) is 0 Å². The summed E-state index contributed by atoms with van der Waals surface area (Å²) >= 11 is 0. The van der Waals surface area contributed by atoms with Crippen LogP contribution in [0.4, 0.5) is 14.9 Å². The van der Waals surface area contributed by atoms with Gasteiger partial charge in [0, 0.05) is 23.7 Å². The molecule has 1 atom stereocenters. The van der Waals surface area contributed by atoms with Gasteiger partial charge in [0.2, 0.25) is 0 Å². The van der Waals surface area contributed by atoms with Gasteiger partial charge in [-0.15, -0.1) is 0 Å². The third kappa shape index (κ3) is 5.64. The highest BCUT2D eigenvalue weighted by Gasteiger charge is 2.29. The van der Waals surface area contributed by atoms with Crippen LogP contribution in [0, 0.1) is 5.82 Å². The Labute approximate surface area is 200 Å². The molecule has 4 rings (SSSR count). The highest BCUT2D eigenvalue weighted by molar-refractivity contribution is 5.96. The van der Waals surface area contributed by atoms with Gasteiger partial charge in [-0.1, -0.05) is 48.5 Å². The highest BCUT2D eigenvalue weighted by Crippen LogP contribution is 2.44. The number of ether oxygens (including phenoxy) is 1. The Kier molecular flexibility index (Phi) is 7.07. The third-order valence-electron chi connectivity index (χ3n) is 5.66. The molecule has 180 valence electrons. The molecule has 4 N–H and O–H groups in total. The summed E-state index contributed by atoms with van der Waals surface area (Å²) in [5, 5.41) is 23.0. The zero-order valence-corrected chi connectivity index (χ0v) is 18.5. The van der Waals surface area contributed by atoms with Gasteiger partial charge in [0.05, 0.1) is 12.5 Å². The standard InChI is InChI=1S/C26H23FN2O6/c27-16-9-15(25(33)28-13-18(30)12-24(31)32)10-17(11-16)29-26(34)35-14-23-21-7-3-1-5-19(21)20-6-2-4-8-22(20)23/h1-11,18,23,30H,12-14H2,(H,28,33)(H,29,34)(H,31,32). The van der Waals surface area contributed by atoms with E-state index in [0.717, 1.165) is 34.4 Å². The van der Waals surface area contributed by atoms with Gasteiger partial charge < -0.3 is 20.3 Å². The zero-order chi connectivity index (χ0) is 24.9. The lowest BCUT2D eigenvalue weighted by molar-refractivity contribution is -0.139. The molecule has 2 amide bonds. The largest absolute Gasteiger partial charge is 0.481 e. The van der Waals surface area contributed by atoms with Crippen molar-refractivity contribution in [2.75, 3.05) is 18.5 Å². The van der Waals surface area contributed by atoms with Crippen LogP contribution in [0.1, 0.15) is 33.8 Å². The number of carbonyl (C=O) groups is 3.